The van der Waals surface area contributed by atoms with E-state index in [9.17, 15) is 0 Å². The zero-order valence-electron chi connectivity index (χ0n) is 11.3. The molecule has 0 bridgehead atoms. The Bertz CT molecular complexity index is 492. The van der Waals surface area contributed by atoms with Crippen molar-refractivity contribution in [2.24, 2.45) is 5.92 Å². The van der Waals surface area contributed by atoms with Gasteiger partial charge in [0.25, 0.3) is 0 Å². The number of ether oxygens (including phenoxy) is 1. The number of benzene rings is 2. The minimum atomic E-state index is 0.507. The lowest BCUT2D eigenvalue weighted by molar-refractivity contribution is 0.260. The van der Waals surface area contributed by atoms with Gasteiger partial charge in [-0.3, -0.25) is 0 Å². The number of rotatable bonds is 6. The lowest BCUT2D eigenvalue weighted by Crippen LogP contribution is -2.13. The summed E-state index contributed by atoms with van der Waals surface area (Å²) >= 11 is 4.36. The van der Waals surface area contributed by atoms with Crippen LogP contribution >= 0.6 is 12.6 Å². The fraction of sp³-hybridized carbons (Fsp3) is 0.294. The van der Waals surface area contributed by atoms with Crippen molar-refractivity contribution in [1.82, 2.24) is 0 Å². The highest BCUT2D eigenvalue weighted by atomic mass is 32.1. The van der Waals surface area contributed by atoms with Gasteiger partial charge in [0.1, 0.15) is 5.75 Å². The molecular formula is C17H20OS. The predicted molar refractivity (Wildman–Crippen MR) is 85.0 cm³/mol. The molecule has 0 radical (unpaired) electrons. The maximum atomic E-state index is 5.99. The average molecular weight is 272 g/mol. The second-order valence-corrected chi connectivity index (χ2v) is 5.00. The van der Waals surface area contributed by atoms with Gasteiger partial charge in [-0.25, -0.2) is 0 Å². The lowest BCUT2D eigenvalue weighted by Gasteiger charge is -2.16. The van der Waals surface area contributed by atoms with Gasteiger partial charge in [-0.2, -0.15) is 12.6 Å². The van der Waals surface area contributed by atoms with Crippen LogP contribution < -0.4 is 4.74 Å². The Morgan fingerprint density at radius 2 is 1.68 bits per heavy atom. The molecular weight excluding hydrogens is 252 g/mol. The van der Waals surface area contributed by atoms with Gasteiger partial charge < -0.3 is 4.74 Å². The Morgan fingerprint density at radius 3 is 2.37 bits per heavy atom. The fourth-order valence-corrected chi connectivity index (χ4v) is 2.32. The van der Waals surface area contributed by atoms with Crippen LogP contribution in [0.15, 0.2) is 54.6 Å². The molecule has 1 unspecified atom stereocenters. The molecule has 0 spiro atoms. The smallest absolute Gasteiger partial charge is 0.127 e. The Balaban J connectivity index is 2.17. The quantitative estimate of drug-likeness (QED) is 0.751. The Morgan fingerprint density at radius 1 is 1.00 bits per heavy atom. The van der Waals surface area contributed by atoms with Crippen LogP contribution in [0.5, 0.6) is 5.75 Å². The van der Waals surface area contributed by atoms with Crippen molar-refractivity contribution in [1.29, 1.82) is 0 Å². The fourth-order valence-electron chi connectivity index (χ4n) is 1.96. The summed E-state index contributed by atoms with van der Waals surface area (Å²) in [4.78, 5) is 0. The molecule has 0 aliphatic heterocycles. The number of para-hydroxylation sites is 1. The summed E-state index contributed by atoms with van der Waals surface area (Å²) < 4.78 is 5.99. The molecule has 0 heterocycles. The normalized spacial score (nSPS) is 12.1. The number of hydrogen-bond donors (Lipinski definition) is 1. The molecule has 0 saturated carbocycles. The molecule has 2 heteroatoms. The molecule has 100 valence electrons. The number of thiol groups is 1. The van der Waals surface area contributed by atoms with Crippen molar-refractivity contribution < 1.29 is 4.74 Å². The van der Waals surface area contributed by atoms with E-state index < -0.39 is 0 Å². The van der Waals surface area contributed by atoms with Gasteiger partial charge >= 0.3 is 0 Å². The van der Waals surface area contributed by atoms with Gasteiger partial charge in [0, 0.05) is 11.5 Å². The summed E-state index contributed by atoms with van der Waals surface area (Å²) in [6, 6.07) is 18.6. The van der Waals surface area contributed by atoms with E-state index in [0.717, 1.165) is 30.1 Å². The molecule has 1 atom stereocenters. The summed E-state index contributed by atoms with van der Waals surface area (Å²) in [5.74, 6) is 2.32. The molecule has 2 aromatic rings. The Labute approximate surface area is 121 Å². The van der Waals surface area contributed by atoms with Crippen molar-refractivity contribution in [2.75, 3.05) is 12.4 Å². The summed E-state index contributed by atoms with van der Waals surface area (Å²) in [5, 5.41) is 0. The molecule has 2 rings (SSSR count). The molecule has 0 aliphatic rings. The highest BCUT2D eigenvalue weighted by Crippen LogP contribution is 2.29. The zero-order chi connectivity index (χ0) is 13.5. The molecule has 0 aliphatic carbocycles. The molecule has 0 amide bonds. The first-order valence-corrected chi connectivity index (χ1v) is 7.36. The van der Waals surface area contributed by atoms with Crippen molar-refractivity contribution in [3.8, 4) is 16.9 Å². The van der Waals surface area contributed by atoms with E-state index in [-0.39, 0.29) is 0 Å². The lowest BCUT2D eigenvalue weighted by atomic mass is 10.0. The third kappa shape index (κ3) is 3.77. The minimum absolute atomic E-state index is 0.507. The van der Waals surface area contributed by atoms with Crippen LogP contribution in [0.4, 0.5) is 0 Å². The maximum Gasteiger partial charge on any atom is 0.127 e. The van der Waals surface area contributed by atoms with Crippen molar-refractivity contribution in [3.05, 3.63) is 54.6 Å². The zero-order valence-corrected chi connectivity index (χ0v) is 12.1. The third-order valence-corrected chi connectivity index (χ3v) is 3.80. The molecule has 19 heavy (non-hydrogen) atoms. The molecule has 0 saturated heterocycles. The van der Waals surface area contributed by atoms with Gasteiger partial charge in [0.2, 0.25) is 0 Å². The molecule has 0 fully saturated rings. The van der Waals surface area contributed by atoms with Crippen LogP contribution in [0.3, 0.4) is 0 Å². The van der Waals surface area contributed by atoms with E-state index >= 15 is 0 Å². The summed E-state index contributed by atoms with van der Waals surface area (Å²) in [5.41, 5.74) is 2.34. The predicted octanol–water partition coefficient (Wildman–Crippen LogP) is 4.69. The largest absolute Gasteiger partial charge is 0.493 e. The van der Waals surface area contributed by atoms with E-state index in [2.05, 4.69) is 49.9 Å². The van der Waals surface area contributed by atoms with Gasteiger partial charge in [0.05, 0.1) is 6.61 Å². The van der Waals surface area contributed by atoms with Gasteiger partial charge in [-0.05, 0) is 23.8 Å². The third-order valence-electron chi connectivity index (χ3n) is 3.28. The van der Waals surface area contributed by atoms with E-state index in [0.29, 0.717) is 5.92 Å². The highest BCUT2D eigenvalue weighted by molar-refractivity contribution is 7.80. The Hall–Kier alpha value is -1.41. The summed E-state index contributed by atoms with van der Waals surface area (Å²) in [6.07, 6.45) is 1.09. The molecule has 0 aromatic heterocycles. The first-order chi connectivity index (χ1) is 9.35. The van der Waals surface area contributed by atoms with Gasteiger partial charge in [-0.15, -0.1) is 0 Å². The van der Waals surface area contributed by atoms with Crippen LogP contribution in [0.1, 0.15) is 13.3 Å². The second-order valence-electron chi connectivity index (χ2n) is 4.63. The van der Waals surface area contributed by atoms with Crippen LogP contribution in [-0.2, 0) is 0 Å². The molecule has 0 N–H and O–H groups in total. The van der Waals surface area contributed by atoms with Gasteiger partial charge in [-0.1, -0.05) is 55.5 Å². The Kier molecular flexibility index (Phi) is 5.34. The van der Waals surface area contributed by atoms with Crippen LogP contribution in [-0.4, -0.2) is 12.4 Å². The topological polar surface area (TPSA) is 9.23 Å². The summed E-state index contributed by atoms with van der Waals surface area (Å²) in [7, 11) is 0. The maximum absolute atomic E-state index is 5.99. The van der Waals surface area contributed by atoms with E-state index in [1.807, 2.05) is 24.3 Å². The monoisotopic (exact) mass is 272 g/mol. The SMILES string of the molecule is CCC(CS)COc1ccccc1-c1ccccc1. The number of hydrogen-bond acceptors (Lipinski definition) is 2. The van der Waals surface area contributed by atoms with Crippen molar-refractivity contribution in [2.45, 2.75) is 13.3 Å². The first-order valence-electron chi connectivity index (χ1n) is 6.73. The minimum Gasteiger partial charge on any atom is -0.493 e. The van der Waals surface area contributed by atoms with Crippen LogP contribution in [0.25, 0.3) is 11.1 Å². The second kappa shape index (κ2) is 7.25. The van der Waals surface area contributed by atoms with Gasteiger partial charge in [0.15, 0.2) is 0 Å². The first kappa shape index (κ1) is 14.0. The van der Waals surface area contributed by atoms with Crippen molar-refractivity contribution >= 4 is 12.6 Å². The highest BCUT2D eigenvalue weighted by Gasteiger charge is 2.08. The van der Waals surface area contributed by atoms with Crippen LogP contribution in [0, 0.1) is 5.92 Å². The molecule has 1 nitrogen and oxygen atoms in total. The van der Waals surface area contributed by atoms with E-state index in [1.54, 1.807) is 0 Å². The van der Waals surface area contributed by atoms with E-state index in [1.165, 1.54) is 5.56 Å². The van der Waals surface area contributed by atoms with Crippen molar-refractivity contribution in [3.63, 3.8) is 0 Å². The van der Waals surface area contributed by atoms with E-state index in [4.69, 9.17) is 4.74 Å². The average Bonchev–Trinajstić information content (AvgIpc) is 2.49. The summed E-state index contributed by atoms with van der Waals surface area (Å²) in [6.45, 7) is 2.90. The van der Waals surface area contributed by atoms with Crippen LogP contribution in [0.2, 0.25) is 0 Å². The standard InChI is InChI=1S/C17H20OS/c1-2-14(13-19)12-18-17-11-7-6-10-16(17)15-8-4-3-5-9-15/h3-11,14,19H,2,12-13H2,1H3. The molecule has 2 aromatic carbocycles.